The molecule has 0 aliphatic heterocycles. The molecule has 2 heterocycles. The number of thiazole rings is 1. The summed E-state index contributed by atoms with van der Waals surface area (Å²) in [7, 11) is 2.01. The van der Waals surface area contributed by atoms with Gasteiger partial charge in [-0.2, -0.15) is 0 Å². The maximum Gasteiger partial charge on any atom is 0.191 e. The smallest absolute Gasteiger partial charge is 0.191 e. The van der Waals surface area contributed by atoms with Gasteiger partial charge in [0.05, 0.1) is 10.7 Å². The van der Waals surface area contributed by atoms with Gasteiger partial charge in [-0.3, -0.25) is 0 Å². The fourth-order valence-corrected chi connectivity index (χ4v) is 5.13. The van der Waals surface area contributed by atoms with E-state index in [2.05, 4.69) is 60.6 Å². The van der Waals surface area contributed by atoms with E-state index in [1.807, 2.05) is 35.9 Å². The largest absolute Gasteiger partial charge is 0.305 e. The van der Waals surface area contributed by atoms with E-state index in [4.69, 9.17) is 16.6 Å². The summed E-state index contributed by atoms with van der Waals surface area (Å²) in [5.74, 6) is 1.60. The molecule has 0 radical (unpaired) electrons. The lowest BCUT2D eigenvalue weighted by atomic mass is 9.87. The summed E-state index contributed by atoms with van der Waals surface area (Å²) in [6.07, 6.45) is 0. The van der Waals surface area contributed by atoms with Crippen molar-refractivity contribution < 1.29 is 0 Å². The predicted molar refractivity (Wildman–Crippen MR) is 127 cm³/mol. The summed E-state index contributed by atoms with van der Waals surface area (Å²) in [6, 6.07) is 16.4. The monoisotopic (exact) mass is 454 g/mol. The average molecular weight is 455 g/mol. The third-order valence-corrected chi connectivity index (χ3v) is 7.16. The van der Waals surface area contributed by atoms with Gasteiger partial charge in [-0.05, 0) is 17.0 Å². The van der Waals surface area contributed by atoms with E-state index in [9.17, 15) is 0 Å². The molecule has 0 aliphatic rings. The molecule has 4 aromatic rings. The molecule has 0 spiro atoms. The van der Waals surface area contributed by atoms with E-state index in [-0.39, 0.29) is 5.41 Å². The molecule has 154 valence electrons. The van der Waals surface area contributed by atoms with Crippen LogP contribution in [0.25, 0.3) is 22.0 Å². The molecule has 4 rings (SSSR count). The van der Waals surface area contributed by atoms with Crippen LogP contribution in [0.5, 0.6) is 0 Å². The van der Waals surface area contributed by atoms with Crippen LogP contribution in [-0.2, 0) is 18.2 Å². The Morgan fingerprint density at radius 3 is 2.47 bits per heavy atom. The molecular weight excluding hydrogens is 432 g/mol. The molecule has 30 heavy (non-hydrogen) atoms. The molecule has 0 atom stereocenters. The Kier molecular flexibility index (Phi) is 6.00. The number of aromatic nitrogens is 4. The van der Waals surface area contributed by atoms with E-state index >= 15 is 0 Å². The van der Waals surface area contributed by atoms with Gasteiger partial charge in [-0.15, -0.1) is 21.5 Å². The van der Waals surface area contributed by atoms with Gasteiger partial charge in [0.1, 0.15) is 5.01 Å². The first-order chi connectivity index (χ1) is 14.3. The van der Waals surface area contributed by atoms with Crippen molar-refractivity contribution in [2.75, 3.05) is 0 Å². The SMILES string of the molecule is Cn1c(SCc2csc(-c3ccccc3Cl)n2)nnc1-c1ccc(C(C)(C)C)cc1. The second-order valence-electron chi connectivity index (χ2n) is 8.11. The molecule has 4 nitrogen and oxygen atoms in total. The number of rotatable bonds is 5. The quantitative estimate of drug-likeness (QED) is 0.309. The van der Waals surface area contributed by atoms with Gasteiger partial charge in [0.15, 0.2) is 11.0 Å². The summed E-state index contributed by atoms with van der Waals surface area (Å²) >= 11 is 9.54. The number of halogens is 1. The van der Waals surface area contributed by atoms with Crippen LogP contribution in [0.15, 0.2) is 59.1 Å². The first-order valence-corrected chi connectivity index (χ1v) is 11.9. The second kappa shape index (κ2) is 8.53. The van der Waals surface area contributed by atoms with E-state index in [1.54, 1.807) is 23.1 Å². The Balaban J connectivity index is 1.47. The molecule has 2 aromatic heterocycles. The predicted octanol–water partition coefficient (Wildman–Crippen LogP) is 6.85. The average Bonchev–Trinajstić information content (AvgIpc) is 3.33. The number of benzene rings is 2. The van der Waals surface area contributed by atoms with Crippen LogP contribution in [0.4, 0.5) is 0 Å². The molecule has 7 heteroatoms. The number of hydrogen-bond donors (Lipinski definition) is 0. The van der Waals surface area contributed by atoms with E-state index in [0.717, 1.165) is 43.6 Å². The molecule has 2 aromatic carbocycles. The van der Waals surface area contributed by atoms with E-state index < -0.39 is 0 Å². The molecule has 0 fully saturated rings. The molecule has 0 bridgehead atoms. The van der Waals surface area contributed by atoms with Crippen molar-refractivity contribution in [3.05, 3.63) is 70.2 Å². The highest BCUT2D eigenvalue weighted by Crippen LogP contribution is 2.32. The van der Waals surface area contributed by atoms with Crippen LogP contribution in [0, 0.1) is 0 Å². The minimum atomic E-state index is 0.135. The fraction of sp³-hybridized carbons (Fsp3) is 0.261. The lowest BCUT2D eigenvalue weighted by Gasteiger charge is -2.19. The van der Waals surface area contributed by atoms with Crippen LogP contribution in [0.3, 0.4) is 0 Å². The van der Waals surface area contributed by atoms with E-state index in [1.165, 1.54) is 5.56 Å². The number of thioether (sulfide) groups is 1. The van der Waals surface area contributed by atoms with Crippen LogP contribution in [0.1, 0.15) is 32.0 Å². The highest BCUT2D eigenvalue weighted by Gasteiger charge is 2.16. The summed E-state index contributed by atoms with van der Waals surface area (Å²) in [6.45, 7) is 6.65. The first kappa shape index (κ1) is 21.1. The molecule has 0 unspecified atom stereocenters. The van der Waals surface area contributed by atoms with Gasteiger partial charge in [0.25, 0.3) is 0 Å². The number of nitrogens with zero attached hydrogens (tertiary/aromatic N) is 4. The topological polar surface area (TPSA) is 43.6 Å². The zero-order valence-electron chi connectivity index (χ0n) is 17.4. The fourth-order valence-electron chi connectivity index (χ4n) is 3.08. The second-order valence-corrected chi connectivity index (χ2v) is 10.3. The lowest BCUT2D eigenvalue weighted by molar-refractivity contribution is 0.590. The Bertz CT molecular complexity index is 1160. The summed E-state index contributed by atoms with van der Waals surface area (Å²) in [4.78, 5) is 4.74. The molecule has 0 aliphatic carbocycles. The van der Waals surface area contributed by atoms with Gasteiger partial charge in [-0.1, -0.05) is 86.6 Å². The van der Waals surface area contributed by atoms with Crippen molar-refractivity contribution in [2.45, 2.75) is 37.1 Å². The third kappa shape index (κ3) is 4.46. The van der Waals surface area contributed by atoms with Gasteiger partial charge in [0.2, 0.25) is 0 Å². The normalized spacial score (nSPS) is 11.8. The lowest BCUT2D eigenvalue weighted by Crippen LogP contribution is -2.10. The first-order valence-electron chi connectivity index (χ1n) is 9.65. The summed E-state index contributed by atoms with van der Waals surface area (Å²) in [5.41, 5.74) is 4.50. The van der Waals surface area contributed by atoms with Crippen molar-refractivity contribution in [2.24, 2.45) is 7.05 Å². The highest BCUT2D eigenvalue weighted by atomic mass is 35.5. The van der Waals surface area contributed by atoms with Crippen LogP contribution in [-0.4, -0.2) is 19.7 Å². The Morgan fingerprint density at radius 2 is 1.77 bits per heavy atom. The molecule has 0 amide bonds. The zero-order chi connectivity index (χ0) is 21.3. The highest BCUT2D eigenvalue weighted by molar-refractivity contribution is 7.98. The minimum Gasteiger partial charge on any atom is -0.305 e. The molecule has 0 saturated heterocycles. The van der Waals surface area contributed by atoms with Crippen LogP contribution in [0.2, 0.25) is 5.02 Å². The van der Waals surface area contributed by atoms with E-state index in [0.29, 0.717) is 0 Å². The molecule has 0 saturated carbocycles. The Morgan fingerprint density at radius 1 is 1.03 bits per heavy atom. The van der Waals surface area contributed by atoms with Gasteiger partial charge >= 0.3 is 0 Å². The Labute approximate surface area is 190 Å². The summed E-state index contributed by atoms with van der Waals surface area (Å²) in [5, 5.41) is 13.4. The van der Waals surface area contributed by atoms with Crippen LogP contribution < -0.4 is 0 Å². The summed E-state index contributed by atoms with van der Waals surface area (Å²) < 4.78 is 2.04. The van der Waals surface area contributed by atoms with Crippen LogP contribution >= 0.6 is 34.7 Å². The minimum absolute atomic E-state index is 0.135. The maximum absolute atomic E-state index is 6.30. The zero-order valence-corrected chi connectivity index (χ0v) is 19.8. The standard InChI is InChI=1S/C23H23ClN4S2/c1-23(2,3)16-11-9-15(10-12-16)20-26-27-22(28(20)4)30-14-17-13-29-21(25-17)18-7-5-6-8-19(18)24/h5-13H,14H2,1-4H3. The van der Waals surface area contributed by atoms with Gasteiger partial charge in [-0.25, -0.2) is 4.98 Å². The Hall–Kier alpha value is -2.15. The van der Waals surface area contributed by atoms with Crippen molar-refractivity contribution in [1.82, 2.24) is 19.7 Å². The third-order valence-electron chi connectivity index (χ3n) is 4.85. The molecular formula is C23H23ClN4S2. The van der Waals surface area contributed by atoms with Gasteiger partial charge in [0, 0.05) is 29.3 Å². The molecule has 0 N–H and O–H groups in total. The van der Waals surface area contributed by atoms with Crippen molar-refractivity contribution in [3.8, 4) is 22.0 Å². The number of hydrogen-bond acceptors (Lipinski definition) is 5. The van der Waals surface area contributed by atoms with Crippen molar-refractivity contribution in [1.29, 1.82) is 0 Å². The van der Waals surface area contributed by atoms with Crippen molar-refractivity contribution in [3.63, 3.8) is 0 Å². The van der Waals surface area contributed by atoms with Crippen molar-refractivity contribution >= 4 is 34.7 Å². The maximum atomic E-state index is 6.30. The van der Waals surface area contributed by atoms with Gasteiger partial charge < -0.3 is 4.57 Å².